The van der Waals surface area contributed by atoms with E-state index in [4.69, 9.17) is 4.74 Å². The normalized spacial score (nSPS) is 9.65. The van der Waals surface area contributed by atoms with Crippen LogP contribution in [-0.4, -0.2) is 28.9 Å². The number of aromatic nitrogens is 2. The van der Waals surface area contributed by atoms with Crippen LogP contribution in [0.1, 0.15) is 20.7 Å². The van der Waals surface area contributed by atoms with Crippen LogP contribution in [0.5, 0.6) is 5.88 Å². The Kier molecular flexibility index (Phi) is 4.23. The van der Waals surface area contributed by atoms with Crippen LogP contribution in [0.25, 0.3) is 0 Å². The van der Waals surface area contributed by atoms with Crippen molar-refractivity contribution < 1.29 is 14.3 Å². The summed E-state index contributed by atoms with van der Waals surface area (Å²) in [6.45, 7) is 0. The zero-order chi connectivity index (χ0) is 14.4. The maximum Gasteiger partial charge on any atom is 0.271 e. The molecule has 0 bridgehead atoms. The van der Waals surface area contributed by atoms with Gasteiger partial charge in [0.25, 0.3) is 11.8 Å². The second-order valence-corrected chi connectivity index (χ2v) is 3.74. The number of carbonyl (C=O) groups is 2. The molecule has 20 heavy (non-hydrogen) atoms. The van der Waals surface area contributed by atoms with Crippen molar-refractivity contribution in [2.75, 3.05) is 7.11 Å². The van der Waals surface area contributed by atoms with Gasteiger partial charge < -0.3 is 4.74 Å². The fourth-order valence-corrected chi connectivity index (χ4v) is 1.39. The summed E-state index contributed by atoms with van der Waals surface area (Å²) in [5.74, 6) is -0.522. The number of methoxy groups -OCH3 is 1. The van der Waals surface area contributed by atoms with Crippen LogP contribution in [-0.2, 0) is 0 Å². The Bertz CT molecular complexity index is 599. The Hall–Kier alpha value is -2.96. The first kappa shape index (κ1) is 13.5. The summed E-state index contributed by atoms with van der Waals surface area (Å²) in [5, 5.41) is 0. The fraction of sp³-hybridized carbons (Fsp3) is 0.0769. The number of carbonyl (C=O) groups excluding carboxylic acids is 2. The maximum atomic E-state index is 11.8. The standard InChI is InChI=1S/C13H12N4O3/c1-20-11-5-4-10(8-15-11)13(19)17-16-12(18)9-3-2-6-14-7-9/h2-8H,1H3,(H,16,18)(H,17,19). The quantitative estimate of drug-likeness (QED) is 0.796. The van der Waals surface area contributed by atoms with Crippen molar-refractivity contribution in [3.63, 3.8) is 0 Å². The molecular formula is C13H12N4O3. The zero-order valence-corrected chi connectivity index (χ0v) is 10.7. The van der Waals surface area contributed by atoms with Crippen LogP contribution in [0.15, 0.2) is 42.9 Å². The average Bonchev–Trinajstić information content (AvgIpc) is 2.53. The molecular weight excluding hydrogens is 260 g/mol. The molecule has 2 aromatic heterocycles. The average molecular weight is 272 g/mol. The molecule has 2 N–H and O–H groups in total. The number of hydrogen-bond donors (Lipinski definition) is 2. The summed E-state index contributed by atoms with van der Waals surface area (Å²) in [6.07, 6.45) is 4.30. The van der Waals surface area contributed by atoms with Crippen LogP contribution >= 0.6 is 0 Å². The number of rotatable bonds is 3. The third-order valence-corrected chi connectivity index (χ3v) is 2.42. The molecule has 0 aliphatic heterocycles. The van der Waals surface area contributed by atoms with Gasteiger partial charge in [-0.15, -0.1) is 0 Å². The number of ether oxygens (including phenoxy) is 1. The van der Waals surface area contributed by atoms with E-state index < -0.39 is 11.8 Å². The summed E-state index contributed by atoms with van der Waals surface area (Å²) in [5.41, 5.74) is 5.23. The van der Waals surface area contributed by atoms with E-state index in [1.54, 1.807) is 24.4 Å². The summed E-state index contributed by atoms with van der Waals surface area (Å²) >= 11 is 0. The van der Waals surface area contributed by atoms with Gasteiger partial charge >= 0.3 is 0 Å². The lowest BCUT2D eigenvalue weighted by Gasteiger charge is -2.07. The Morgan fingerprint density at radius 3 is 2.25 bits per heavy atom. The molecule has 0 saturated carbocycles. The molecule has 7 nitrogen and oxygen atoms in total. The predicted octanol–water partition coefficient (Wildman–Crippen LogP) is 0.560. The minimum Gasteiger partial charge on any atom is -0.481 e. The number of hydrazine groups is 1. The molecule has 2 heterocycles. The molecule has 0 radical (unpaired) electrons. The van der Waals surface area contributed by atoms with Gasteiger partial charge in [-0.05, 0) is 18.2 Å². The van der Waals surface area contributed by atoms with E-state index in [9.17, 15) is 9.59 Å². The van der Waals surface area contributed by atoms with Gasteiger partial charge in [-0.2, -0.15) is 0 Å². The highest BCUT2D eigenvalue weighted by atomic mass is 16.5. The lowest BCUT2D eigenvalue weighted by atomic mass is 10.2. The van der Waals surface area contributed by atoms with Crippen molar-refractivity contribution >= 4 is 11.8 Å². The van der Waals surface area contributed by atoms with Crippen molar-refractivity contribution in [2.24, 2.45) is 0 Å². The van der Waals surface area contributed by atoms with Gasteiger partial charge in [0.2, 0.25) is 5.88 Å². The minimum absolute atomic E-state index is 0.303. The Morgan fingerprint density at radius 2 is 1.75 bits per heavy atom. The van der Waals surface area contributed by atoms with Gasteiger partial charge in [-0.3, -0.25) is 25.4 Å². The third kappa shape index (κ3) is 3.29. The summed E-state index contributed by atoms with van der Waals surface area (Å²) in [7, 11) is 1.48. The number of nitrogens with zero attached hydrogens (tertiary/aromatic N) is 2. The molecule has 0 saturated heterocycles. The van der Waals surface area contributed by atoms with Crippen molar-refractivity contribution in [2.45, 2.75) is 0 Å². The molecule has 2 amide bonds. The van der Waals surface area contributed by atoms with Crippen LogP contribution in [0.4, 0.5) is 0 Å². The van der Waals surface area contributed by atoms with E-state index in [0.717, 1.165) is 0 Å². The summed E-state index contributed by atoms with van der Waals surface area (Å²) < 4.78 is 4.89. The van der Waals surface area contributed by atoms with Crippen molar-refractivity contribution in [1.82, 2.24) is 20.8 Å². The van der Waals surface area contributed by atoms with Gasteiger partial charge in [0, 0.05) is 24.7 Å². The smallest absolute Gasteiger partial charge is 0.271 e. The molecule has 0 aliphatic rings. The number of nitrogens with one attached hydrogen (secondary N) is 2. The second-order valence-electron chi connectivity index (χ2n) is 3.74. The van der Waals surface area contributed by atoms with E-state index in [1.807, 2.05) is 0 Å². The molecule has 2 aromatic rings. The van der Waals surface area contributed by atoms with E-state index in [0.29, 0.717) is 17.0 Å². The van der Waals surface area contributed by atoms with Gasteiger partial charge in [0.1, 0.15) is 0 Å². The largest absolute Gasteiger partial charge is 0.481 e. The summed E-state index contributed by atoms with van der Waals surface area (Å²) in [4.78, 5) is 31.1. The van der Waals surface area contributed by atoms with E-state index in [2.05, 4.69) is 20.8 Å². The van der Waals surface area contributed by atoms with Crippen LogP contribution in [0.2, 0.25) is 0 Å². The van der Waals surface area contributed by atoms with Crippen LogP contribution < -0.4 is 15.6 Å². The Balaban J connectivity index is 1.93. The van der Waals surface area contributed by atoms with Gasteiger partial charge in [0.15, 0.2) is 0 Å². The molecule has 0 aromatic carbocycles. The first-order chi connectivity index (χ1) is 9.70. The molecule has 7 heteroatoms. The van der Waals surface area contributed by atoms with Gasteiger partial charge in [0.05, 0.1) is 18.2 Å². The molecule has 0 aliphatic carbocycles. The zero-order valence-electron chi connectivity index (χ0n) is 10.7. The molecule has 0 unspecified atom stereocenters. The minimum atomic E-state index is -0.475. The topological polar surface area (TPSA) is 93.2 Å². The fourth-order valence-electron chi connectivity index (χ4n) is 1.39. The predicted molar refractivity (Wildman–Crippen MR) is 70.0 cm³/mol. The van der Waals surface area contributed by atoms with Gasteiger partial charge in [-0.1, -0.05) is 0 Å². The van der Waals surface area contributed by atoms with Crippen molar-refractivity contribution in [3.8, 4) is 5.88 Å². The maximum absolute atomic E-state index is 11.8. The lowest BCUT2D eigenvalue weighted by molar-refractivity contribution is 0.0846. The number of pyridine rings is 2. The Labute approximate surface area is 115 Å². The lowest BCUT2D eigenvalue weighted by Crippen LogP contribution is -2.41. The number of amides is 2. The van der Waals surface area contributed by atoms with Crippen molar-refractivity contribution in [1.29, 1.82) is 0 Å². The molecule has 102 valence electrons. The second kappa shape index (κ2) is 6.28. The number of hydrogen-bond acceptors (Lipinski definition) is 5. The first-order valence-corrected chi connectivity index (χ1v) is 5.71. The van der Waals surface area contributed by atoms with E-state index in [1.165, 1.54) is 25.6 Å². The molecule has 0 fully saturated rings. The van der Waals surface area contributed by atoms with Crippen LogP contribution in [0, 0.1) is 0 Å². The first-order valence-electron chi connectivity index (χ1n) is 5.71. The van der Waals surface area contributed by atoms with Crippen LogP contribution in [0.3, 0.4) is 0 Å². The highest BCUT2D eigenvalue weighted by Crippen LogP contribution is 2.06. The third-order valence-electron chi connectivity index (χ3n) is 2.42. The summed E-state index contributed by atoms with van der Waals surface area (Å²) in [6, 6.07) is 6.31. The highest BCUT2D eigenvalue weighted by molar-refractivity contribution is 5.98. The monoisotopic (exact) mass is 272 g/mol. The molecule has 2 rings (SSSR count). The Morgan fingerprint density at radius 1 is 1.05 bits per heavy atom. The van der Waals surface area contributed by atoms with Crippen molar-refractivity contribution in [3.05, 3.63) is 54.0 Å². The highest BCUT2D eigenvalue weighted by Gasteiger charge is 2.09. The van der Waals surface area contributed by atoms with E-state index in [-0.39, 0.29) is 0 Å². The SMILES string of the molecule is COc1ccc(C(=O)NNC(=O)c2cccnc2)cn1. The molecule has 0 atom stereocenters. The van der Waals surface area contributed by atoms with Gasteiger partial charge in [-0.25, -0.2) is 4.98 Å². The van der Waals surface area contributed by atoms with E-state index >= 15 is 0 Å². The molecule has 0 spiro atoms.